The second kappa shape index (κ2) is 5.60. The van der Waals surface area contributed by atoms with Crippen molar-refractivity contribution in [3.63, 3.8) is 0 Å². The van der Waals surface area contributed by atoms with Gasteiger partial charge in [-0.1, -0.05) is 18.2 Å². The maximum Gasteiger partial charge on any atom is 0.268 e. The molecule has 1 aromatic carbocycles. The van der Waals surface area contributed by atoms with Crippen molar-refractivity contribution >= 4 is 16.8 Å². The van der Waals surface area contributed by atoms with Gasteiger partial charge < -0.3 is 9.88 Å². The number of para-hydroxylation sites is 1. The summed E-state index contributed by atoms with van der Waals surface area (Å²) in [6.07, 6.45) is 3.38. The lowest BCUT2D eigenvalue weighted by molar-refractivity contribution is 0.0942. The number of nitrogens with zero attached hydrogens (tertiary/aromatic N) is 3. The van der Waals surface area contributed by atoms with Gasteiger partial charge in [0.1, 0.15) is 5.69 Å². The molecule has 0 aliphatic carbocycles. The fourth-order valence-corrected chi connectivity index (χ4v) is 2.67. The molecule has 5 nitrogen and oxygen atoms in total. The second-order valence-corrected chi connectivity index (χ2v) is 5.38. The van der Waals surface area contributed by atoms with E-state index in [9.17, 15) is 4.79 Å². The first-order valence-electron chi connectivity index (χ1n) is 7.17. The van der Waals surface area contributed by atoms with Crippen molar-refractivity contribution < 1.29 is 4.79 Å². The summed E-state index contributed by atoms with van der Waals surface area (Å²) in [5, 5.41) is 4.02. The summed E-state index contributed by atoms with van der Waals surface area (Å²) in [7, 11) is 1.91. The van der Waals surface area contributed by atoms with Crippen LogP contribution in [0.3, 0.4) is 0 Å². The predicted molar refractivity (Wildman–Crippen MR) is 85.6 cm³/mol. The van der Waals surface area contributed by atoms with E-state index < -0.39 is 0 Å². The lowest BCUT2D eigenvalue weighted by Crippen LogP contribution is -2.26. The SMILES string of the molecule is Cc1cnc(CNC(=O)c2c(C)c3ccccc3n2C)cn1. The van der Waals surface area contributed by atoms with Gasteiger partial charge >= 0.3 is 0 Å². The highest BCUT2D eigenvalue weighted by molar-refractivity contribution is 6.01. The number of rotatable bonds is 3. The van der Waals surface area contributed by atoms with Gasteiger partial charge in [-0.05, 0) is 25.5 Å². The number of hydrogen-bond acceptors (Lipinski definition) is 3. The summed E-state index contributed by atoms with van der Waals surface area (Å²) < 4.78 is 1.93. The van der Waals surface area contributed by atoms with Gasteiger partial charge in [0.15, 0.2) is 0 Å². The van der Waals surface area contributed by atoms with E-state index in [-0.39, 0.29) is 5.91 Å². The molecule has 0 bridgehead atoms. The number of hydrogen-bond donors (Lipinski definition) is 1. The first kappa shape index (κ1) is 14.3. The predicted octanol–water partition coefficient (Wildman–Crippen LogP) is 2.52. The Labute approximate surface area is 129 Å². The molecule has 0 atom stereocenters. The third-order valence-corrected chi connectivity index (χ3v) is 3.84. The molecule has 2 heterocycles. The number of aromatic nitrogens is 3. The molecule has 3 rings (SSSR count). The standard InChI is InChI=1S/C17H18N4O/c1-11-8-19-13(9-18-11)10-20-17(22)16-12(2)14-6-4-5-7-15(14)21(16)3/h4-9H,10H2,1-3H3,(H,20,22). The zero-order chi connectivity index (χ0) is 15.7. The van der Waals surface area contributed by atoms with Gasteiger partial charge in [-0.3, -0.25) is 14.8 Å². The van der Waals surface area contributed by atoms with E-state index in [0.717, 1.165) is 27.9 Å². The quantitative estimate of drug-likeness (QED) is 0.807. The minimum absolute atomic E-state index is 0.0985. The van der Waals surface area contributed by atoms with Crippen molar-refractivity contribution in [3.8, 4) is 0 Å². The van der Waals surface area contributed by atoms with Crippen LogP contribution in [0.5, 0.6) is 0 Å². The molecule has 0 fully saturated rings. The van der Waals surface area contributed by atoms with Gasteiger partial charge in [0.2, 0.25) is 0 Å². The van der Waals surface area contributed by atoms with Gasteiger partial charge in [-0.2, -0.15) is 0 Å². The van der Waals surface area contributed by atoms with E-state index in [4.69, 9.17) is 0 Å². The van der Waals surface area contributed by atoms with Crippen molar-refractivity contribution in [2.24, 2.45) is 7.05 Å². The van der Waals surface area contributed by atoms with Crippen LogP contribution >= 0.6 is 0 Å². The van der Waals surface area contributed by atoms with Crippen LogP contribution in [-0.2, 0) is 13.6 Å². The molecule has 0 unspecified atom stereocenters. The van der Waals surface area contributed by atoms with Gasteiger partial charge in [0.05, 0.1) is 24.1 Å². The van der Waals surface area contributed by atoms with E-state index in [1.54, 1.807) is 12.4 Å². The van der Waals surface area contributed by atoms with Crippen molar-refractivity contribution in [3.05, 3.63) is 59.3 Å². The minimum Gasteiger partial charge on any atom is -0.345 e. The molecular formula is C17H18N4O. The maximum atomic E-state index is 12.5. The fourth-order valence-electron chi connectivity index (χ4n) is 2.67. The molecule has 1 N–H and O–H groups in total. The molecule has 3 aromatic rings. The number of fused-ring (bicyclic) bond motifs is 1. The molecule has 112 valence electrons. The topological polar surface area (TPSA) is 59.8 Å². The molecule has 0 spiro atoms. The number of amides is 1. The number of benzene rings is 1. The van der Waals surface area contributed by atoms with Crippen molar-refractivity contribution in [2.75, 3.05) is 0 Å². The summed E-state index contributed by atoms with van der Waals surface area (Å²) in [5.41, 5.74) is 4.34. The first-order chi connectivity index (χ1) is 10.6. The van der Waals surface area contributed by atoms with Crippen molar-refractivity contribution in [2.45, 2.75) is 20.4 Å². The van der Waals surface area contributed by atoms with Crippen LogP contribution in [0.25, 0.3) is 10.9 Å². The van der Waals surface area contributed by atoms with Crippen molar-refractivity contribution in [1.82, 2.24) is 19.9 Å². The second-order valence-electron chi connectivity index (χ2n) is 5.38. The number of carbonyl (C=O) groups is 1. The van der Waals surface area contributed by atoms with Gasteiger partial charge in [-0.15, -0.1) is 0 Å². The van der Waals surface area contributed by atoms with Crippen LogP contribution in [0.4, 0.5) is 0 Å². The van der Waals surface area contributed by atoms with Gasteiger partial charge in [0.25, 0.3) is 5.91 Å². The minimum atomic E-state index is -0.0985. The van der Waals surface area contributed by atoms with Crippen LogP contribution in [-0.4, -0.2) is 20.4 Å². The van der Waals surface area contributed by atoms with Crippen molar-refractivity contribution in [1.29, 1.82) is 0 Å². The number of aryl methyl sites for hydroxylation is 3. The molecule has 2 aromatic heterocycles. The van der Waals surface area contributed by atoms with E-state index in [0.29, 0.717) is 12.2 Å². The van der Waals surface area contributed by atoms with Crippen LogP contribution in [0.2, 0.25) is 0 Å². The van der Waals surface area contributed by atoms with E-state index in [1.165, 1.54) is 0 Å². The Balaban J connectivity index is 1.85. The largest absolute Gasteiger partial charge is 0.345 e. The summed E-state index contributed by atoms with van der Waals surface area (Å²) >= 11 is 0. The average molecular weight is 294 g/mol. The first-order valence-corrected chi connectivity index (χ1v) is 7.17. The Morgan fingerprint density at radius 1 is 1.18 bits per heavy atom. The summed E-state index contributed by atoms with van der Waals surface area (Å²) in [6, 6.07) is 8.02. The maximum absolute atomic E-state index is 12.5. The van der Waals surface area contributed by atoms with Crippen LogP contribution in [0, 0.1) is 13.8 Å². The zero-order valence-corrected chi connectivity index (χ0v) is 12.9. The third kappa shape index (κ3) is 2.45. The van der Waals surface area contributed by atoms with Gasteiger partial charge in [0, 0.05) is 24.1 Å². The third-order valence-electron chi connectivity index (χ3n) is 3.84. The zero-order valence-electron chi connectivity index (χ0n) is 12.9. The molecule has 0 radical (unpaired) electrons. The van der Waals surface area contributed by atoms with Gasteiger partial charge in [-0.25, -0.2) is 0 Å². The molecule has 22 heavy (non-hydrogen) atoms. The highest BCUT2D eigenvalue weighted by atomic mass is 16.1. The smallest absolute Gasteiger partial charge is 0.268 e. The average Bonchev–Trinajstić information content (AvgIpc) is 2.79. The normalized spacial score (nSPS) is 10.9. The summed E-state index contributed by atoms with van der Waals surface area (Å²) in [6.45, 7) is 4.23. The Morgan fingerprint density at radius 2 is 1.95 bits per heavy atom. The Hall–Kier alpha value is -2.69. The molecule has 1 amide bonds. The van der Waals surface area contributed by atoms with E-state index in [1.807, 2.05) is 49.7 Å². The molecule has 0 saturated heterocycles. The molecular weight excluding hydrogens is 276 g/mol. The molecule has 0 aliphatic heterocycles. The number of nitrogens with one attached hydrogen (secondary N) is 1. The van der Waals surface area contributed by atoms with E-state index >= 15 is 0 Å². The lowest BCUT2D eigenvalue weighted by Gasteiger charge is -2.07. The molecule has 0 saturated carbocycles. The Bertz CT molecular complexity index is 795. The van der Waals surface area contributed by atoms with Crippen LogP contribution in [0.1, 0.15) is 27.4 Å². The Kier molecular flexibility index (Phi) is 3.63. The highest BCUT2D eigenvalue weighted by Gasteiger charge is 2.17. The Morgan fingerprint density at radius 3 is 2.64 bits per heavy atom. The summed E-state index contributed by atoms with van der Waals surface area (Å²) in [5.74, 6) is -0.0985. The summed E-state index contributed by atoms with van der Waals surface area (Å²) in [4.78, 5) is 20.9. The monoisotopic (exact) mass is 294 g/mol. The highest BCUT2D eigenvalue weighted by Crippen LogP contribution is 2.24. The fraction of sp³-hybridized carbons (Fsp3) is 0.235. The molecule has 5 heteroatoms. The van der Waals surface area contributed by atoms with Crippen LogP contribution in [0.15, 0.2) is 36.7 Å². The van der Waals surface area contributed by atoms with E-state index in [2.05, 4.69) is 15.3 Å². The number of carbonyl (C=O) groups excluding carboxylic acids is 1. The molecule has 0 aliphatic rings. The lowest BCUT2D eigenvalue weighted by atomic mass is 10.1. The van der Waals surface area contributed by atoms with Crippen LogP contribution < -0.4 is 5.32 Å².